The first-order chi connectivity index (χ1) is 16.6. The van der Waals surface area contributed by atoms with Crippen LogP contribution >= 0.6 is 11.3 Å². The first kappa shape index (κ1) is 21.2. The van der Waals surface area contributed by atoms with Crippen molar-refractivity contribution < 1.29 is 19.1 Å². The van der Waals surface area contributed by atoms with Crippen LogP contribution in [-0.2, 0) is 26.1 Å². The Kier molecular flexibility index (Phi) is 5.24. The van der Waals surface area contributed by atoms with Gasteiger partial charge >= 0.3 is 0 Å². The number of carbonyl (C=O) groups is 2. The van der Waals surface area contributed by atoms with E-state index in [-0.39, 0.29) is 18.6 Å². The van der Waals surface area contributed by atoms with E-state index in [1.165, 1.54) is 24.2 Å². The normalized spacial score (nSPS) is 16.4. The van der Waals surface area contributed by atoms with Crippen molar-refractivity contribution in [2.75, 3.05) is 20.4 Å². The first-order valence-corrected chi connectivity index (χ1v) is 12.4. The number of amides is 2. The molecule has 2 aliphatic heterocycles. The van der Waals surface area contributed by atoms with E-state index in [4.69, 9.17) is 14.6 Å². The first-order valence-electron chi connectivity index (χ1n) is 11.5. The van der Waals surface area contributed by atoms with Gasteiger partial charge in [0.25, 0.3) is 11.8 Å². The van der Waals surface area contributed by atoms with Crippen LogP contribution in [0.1, 0.15) is 50.6 Å². The lowest BCUT2D eigenvalue weighted by Gasteiger charge is -2.28. The molecule has 2 aromatic heterocycles. The summed E-state index contributed by atoms with van der Waals surface area (Å²) < 4.78 is 12.8. The molecule has 176 valence electrons. The lowest BCUT2D eigenvalue weighted by molar-refractivity contribution is 0.0720. The van der Waals surface area contributed by atoms with E-state index in [2.05, 4.69) is 4.98 Å². The molecule has 6 rings (SSSR count). The highest BCUT2D eigenvalue weighted by Gasteiger charge is 2.34. The number of aromatic nitrogens is 3. The van der Waals surface area contributed by atoms with Crippen LogP contribution in [0.2, 0.25) is 0 Å². The number of fused-ring (bicyclic) bond motifs is 2. The van der Waals surface area contributed by atoms with Crippen LogP contribution in [0.25, 0.3) is 0 Å². The van der Waals surface area contributed by atoms with Gasteiger partial charge in [0.2, 0.25) is 6.79 Å². The van der Waals surface area contributed by atoms with Crippen LogP contribution in [0.5, 0.6) is 11.5 Å². The van der Waals surface area contributed by atoms with E-state index in [1.54, 1.807) is 40.6 Å². The van der Waals surface area contributed by atoms with Crippen molar-refractivity contribution in [3.05, 3.63) is 57.3 Å². The highest BCUT2D eigenvalue weighted by atomic mass is 32.1. The molecule has 34 heavy (non-hydrogen) atoms. The zero-order valence-electron chi connectivity index (χ0n) is 18.9. The molecule has 2 amide bonds. The Labute approximate surface area is 200 Å². The monoisotopic (exact) mass is 479 g/mol. The van der Waals surface area contributed by atoms with E-state index >= 15 is 0 Å². The van der Waals surface area contributed by atoms with Gasteiger partial charge in [0.15, 0.2) is 17.2 Å². The van der Waals surface area contributed by atoms with E-state index in [9.17, 15) is 9.59 Å². The molecular weight excluding hydrogens is 454 g/mol. The summed E-state index contributed by atoms with van der Waals surface area (Å²) in [4.78, 5) is 34.5. The molecule has 3 aromatic rings. The van der Waals surface area contributed by atoms with E-state index in [0.29, 0.717) is 54.7 Å². The van der Waals surface area contributed by atoms with E-state index in [0.717, 1.165) is 23.5 Å². The van der Waals surface area contributed by atoms with Crippen molar-refractivity contribution in [2.24, 2.45) is 5.92 Å². The molecule has 0 bridgehead atoms. The predicted molar refractivity (Wildman–Crippen MR) is 124 cm³/mol. The average Bonchev–Trinajstić information content (AvgIpc) is 3.22. The van der Waals surface area contributed by atoms with Crippen LogP contribution in [0, 0.1) is 5.92 Å². The summed E-state index contributed by atoms with van der Waals surface area (Å²) in [5.74, 6) is 1.63. The summed E-state index contributed by atoms with van der Waals surface area (Å²) in [5.41, 5.74) is 5.54. The second-order valence-electron chi connectivity index (χ2n) is 9.09. The zero-order valence-corrected chi connectivity index (χ0v) is 19.7. The number of ether oxygens (including phenoxy) is 2. The fraction of sp³-hybridized carbons (Fsp3) is 0.417. The molecule has 9 nitrogen and oxygen atoms in total. The second kappa shape index (κ2) is 8.43. The third-order valence-electron chi connectivity index (χ3n) is 6.60. The lowest BCUT2D eigenvalue weighted by atomic mass is 10.0. The summed E-state index contributed by atoms with van der Waals surface area (Å²) in [5, 5.41) is 6.71. The van der Waals surface area contributed by atoms with Gasteiger partial charge < -0.3 is 19.3 Å². The van der Waals surface area contributed by atoms with Crippen LogP contribution in [0.3, 0.4) is 0 Å². The summed E-state index contributed by atoms with van der Waals surface area (Å²) in [7, 11) is 1.77. The summed E-state index contributed by atoms with van der Waals surface area (Å²) in [6.07, 6.45) is 3.08. The van der Waals surface area contributed by atoms with E-state index in [1.807, 2.05) is 10.1 Å². The molecule has 1 aromatic carbocycles. The zero-order chi connectivity index (χ0) is 23.2. The third kappa shape index (κ3) is 3.91. The number of hydrogen-bond acceptors (Lipinski definition) is 7. The van der Waals surface area contributed by atoms with Gasteiger partial charge in [-0.1, -0.05) is 0 Å². The fourth-order valence-electron chi connectivity index (χ4n) is 4.56. The van der Waals surface area contributed by atoms with Crippen molar-refractivity contribution in [3.63, 3.8) is 0 Å². The number of thiazole rings is 1. The molecule has 0 radical (unpaired) electrons. The van der Waals surface area contributed by atoms with Gasteiger partial charge in [0.1, 0.15) is 0 Å². The Morgan fingerprint density at radius 3 is 2.88 bits per heavy atom. The Hall–Kier alpha value is -3.40. The number of hydrogen-bond donors (Lipinski definition) is 0. The highest BCUT2D eigenvalue weighted by molar-refractivity contribution is 7.07. The van der Waals surface area contributed by atoms with Crippen LogP contribution in [-0.4, -0.2) is 56.8 Å². The maximum absolute atomic E-state index is 13.4. The molecule has 0 atom stereocenters. The molecule has 1 fully saturated rings. The van der Waals surface area contributed by atoms with Crippen molar-refractivity contribution in [3.8, 4) is 11.5 Å². The standard InChI is InChI=1S/C24H25N5O4S/c1-27(10-17-12-34-13-25-17)24(31)22-18-11-28(7-6-19(18)29(26-22)9-15-2-3-15)23(30)16-4-5-20-21(8-16)33-14-32-20/h4-5,8,12-13,15H,2-3,6-7,9-11,14H2,1H3. The molecule has 0 spiro atoms. The minimum Gasteiger partial charge on any atom is -0.454 e. The second-order valence-corrected chi connectivity index (χ2v) is 9.80. The number of carbonyl (C=O) groups excluding carboxylic acids is 2. The molecule has 4 heterocycles. The molecule has 0 unspecified atom stereocenters. The summed E-state index contributed by atoms with van der Waals surface area (Å²) in [6, 6.07) is 5.25. The number of rotatable bonds is 6. The Morgan fingerprint density at radius 2 is 2.09 bits per heavy atom. The van der Waals surface area contributed by atoms with Gasteiger partial charge in [0.05, 0.1) is 24.3 Å². The van der Waals surface area contributed by atoms with Crippen molar-refractivity contribution in [2.45, 2.75) is 38.9 Å². The molecule has 1 aliphatic carbocycles. The summed E-state index contributed by atoms with van der Waals surface area (Å²) in [6.45, 7) is 2.37. The summed E-state index contributed by atoms with van der Waals surface area (Å²) >= 11 is 1.51. The minimum atomic E-state index is -0.142. The largest absolute Gasteiger partial charge is 0.454 e. The van der Waals surface area contributed by atoms with Gasteiger partial charge in [-0.3, -0.25) is 14.3 Å². The average molecular weight is 480 g/mol. The molecule has 10 heteroatoms. The lowest BCUT2D eigenvalue weighted by Crippen LogP contribution is -2.37. The SMILES string of the molecule is CN(Cc1cscn1)C(=O)c1nn(CC2CC2)c2c1CN(C(=O)c1ccc3c(c1)OCO3)CC2. The van der Waals surface area contributed by atoms with Crippen LogP contribution in [0.4, 0.5) is 0 Å². The van der Waals surface area contributed by atoms with E-state index < -0.39 is 0 Å². The van der Waals surface area contributed by atoms with Gasteiger partial charge in [-0.05, 0) is 37.0 Å². The molecule has 1 saturated carbocycles. The Balaban J connectivity index is 1.27. The quantitative estimate of drug-likeness (QED) is 0.540. The molecule has 3 aliphatic rings. The minimum absolute atomic E-state index is 0.0897. The maximum atomic E-state index is 13.4. The van der Waals surface area contributed by atoms with Gasteiger partial charge in [0, 0.05) is 48.8 Å². The van der Waals surface area contributed by atoms with Crippen molar-refractivity contribution in [1.82, 2.24) is 24.6 Å². The molecule has 0 saturated heterocycles. The van der Waals surface area contributed by atoms with Crippen molar-refractivity contribution in [1.29, 1.82) is 0 Å². The third-order valence-corrected chi connectivity index (χ3v) is 7.24. The highest BCUT2D eigenvalue weighted by Crippen LogP contribution is 2.35. The maximum Gasteiger partial charge on any atom is 0.274 e. The smallest absolute Gasteiger partial charge is 0.274 e. The van der Waals surface area contributed by atoms with Crippen LogP contribution < -0.4 is 9.47 Å². The van der Waals surface area contributed by atoms with Gasteiger partial charge in [-0.2, -0.15) is 5.10 Å². The van der Waals surface area contributed by atoms with Crippen LogP contribution in [0.15, 0.2) is 29.1 Å². The topological polar surface area (TPSA) is 89.8 Å². The number of benzene rings is 1. The van der Waals surface area contributed by atoms with Gasteiger partial charge in [-0.15, -0.1) is 11.3 Å². The fourth-order valence-corrected chi connectivity index (χ4v) is 5.10. The molecule has 0 N–H and O–H groups in total. The molecular formula is C24H25N5O4S. The Bertz CT molecular complexity index is 1250. The van der Waals surface area contributed by atoms with Crippen molar-refractivity contribution >= 4 is 23.2 Å². The van der Waals surface area contributed by atoms with Gasteiger partial charge in [-0.25, -0.2) is 4.98 Å². The predicted octanol–water partition coefficient (Wildman–Crippen LogP) is 2.95. The number of nitrogens with zero attached hydrogens (tertiary/aromatic N) is 5. The Morgan fingerprint density at radius 1 is 1.24 bits per heavy atom.